The van der Waals surface area contributed by atoms with Gasteiger partial charge in [-0.05, 0) is 18.2 Å². The Kier molecular flexibility index (Phi) is 3.50. The smallest absolute Gasteiger partial charge is 0.144 e. The van der Waals surface area contributed by atoms with Gasteiger partial charge in [-0.2, -0.15) is 0 Å². The van der Waals surface area contributed by atoms with Gasteiger partial charge in [-0.3, -0.25) is 0 Å². The van der Waals surface area contributed by atoms with Crippen molar-refractivity contribution in [2.24, 2.45) is 0 Å². The SMILES string of the molecule is CC(C)(C)c1nc(C2C[C@@H](O)c3cc(F)ccc3O2)cs1. The molecule has 21 heavy (non-hydrogen) atoms. The quantitative estimate of drug-likeness (QED) is 0.861. The van der Waals surface area contributed by atoms with E-state index in [-0.39, 0.29) is 17.3 Å². The van der Waals surface area contributed by atoms with Crippen molar-refractivity contribution < 1.29 is 14.2 Å². The zero-order valence-corrected chi connectivity index (χ0v) is 13.1. The molecule has 1 unspecified atom stereocenters. The molecule has 1 aliphatic heterocycles. The van der Waals surface area contributed by atoms with E-state index in [1.165, 1.54) is 12.1 Å². The number of rotatable bonds is 1. The van der Waals surface area contributed by atoms with Crippen molar-refractivity contribution in [1.82, 2.24) is 4.98 Å². The number of aliphatic hydroxyl groups excluding tert-OH is 1. The van der Waals surface area contributed by atoms with Gasteiger partial charge in [0.2, 0.25) is 0 Å². The van der Waals surface area contributed by atoms with Crippen LogP contribution in [0.4, 0.5) is 4.39 Å². The van der Waals surface area contributed by atoms with E-state index >= 15 is 0 Å². The third-order valence-corrected chi connectivity index (χ3v) is 4.82. The van der Waals surface area contributed by atoms with Gasteiger partial charge >= 0.3 is 0 Å². The van der Waals surface area contributed by atoms with E-state index in [2.05, 4.69) is 25.8 Å². The number of ether oxygens (including phenoxy) is 1. The zero-order valence-electron chi connectivity index (χ0n) is 12.3. The fraction of sp³-hybridized carbons (Fsp3) is 0.438. The van der Waals surface area contributed by atoms with Gasteiger partial charge in [-0.1, -0.05) is 20.8 Å². The average molecular weight is 307 g/mol. The second kappa shape index (κ2) is 5.07. The highest BCUT2D eigenvalue weighted by Gasteiger charge is 2.31. The number of aromatic nitrogens is 1. The summed E-state index contributed by atoms with van der Waals surface area (Å²) >= 11 is 1.60. The number of hydrogen-bond donors (Lipinski definition) is 1. The predicted octanol–water partition coefficient (Wildman–Crippen LogP) is 4.14. The Bertz CT molecular complexity index is 663. The molecule has 5 heteroatoms. The van der Waals surface area contributed by atoms with Crippen molar-refractivity contribution in [3.63, 3.8) is 0 Å². The summed E-state index contributed by atoms with van der Waals surface area (Å²) in [5, 5.41) is 13.2. The maximum atomic E-state index is 13.2. The van der Waals surface area contributed by atoms with Crippen LogP contribution in [-0.4, -0.2) is 10.1 Å². The fourth-order valence-electron chi connectivity index (χ4n) is 2.38. The molecule has 1 aromatic heterocycles. The van der Waals surface area contributed by atoms with E-state index in [9.17, 15) is 9.50 Å². The van der Waals surface area contributed by atoms with Crippen LogP contribution in [0.15, 0.2) is 23.6 Å². The van der Waals surface area contributed by atoms with Crippen LogP contribution in [0, 0.1) is 5.82 Å². The summed E-state index contributed by atoms with van der Waals surface area (Å²) in [6.07, 6.45) is -0.622. The number of aliphatic hydroxyl groups is 1. The van der Waals surface area contributed by atoms with Gasteiger partial charge in [0.05, 0.1) is 16.8 Å². The van der Waals surface area contributed by atoms with Gasteiger partial charge < -0.3 is 9.84 Å². The molecule has 0 radical (unpaired) electrons. The highest BCUT2D eigenvalue weighted by molar-refractivity contribution is 7.09. The van der Waals surface area contributed by atoms with E-state index < -0.39 is 6.10 Å². The molecule has 0 fully saturated rings. The highest BCUT2D eigenvalue weighted by atomic mass is 32.1. The molecule has 3 rings (SSSR count). The number of hydrogen-bond acceptors (Lipinski definition) is 4. The zero-order chi connectivity index (χ0) is 15.2. The van der Waals surface area contributed by atoms with Gasteiger partial charge in [-0.25, -0.2) is 9.37 Å². The lowest BCUT2D eigenvalue weighted by Crippen LogP contribution is -2.20. The minimum Gasteiger partial charge on any atom is -0.484 e. The maximum Gasteiger partial charge on any atom is 0.144 e. The van der Waals surface area contributed by atoms with Crippen LogP contribution >= 0.6 is 11.3 Å². The van der Waals surface area contributed by atoms with Crippen molar-refractivity contribution in [2.45, 2.75) is 44.8 Å². The lowest BCUT2D eigenvalue weighted by Gasteiger charge is -2.28. The lowest BCUT2D eigenvalue weighted by molar-refractivity contribution is 0.0634. The molecule has 1 N–H and O–H groups in total. The second-order valence-electron chi connectivity index (χ2n) is 6.37. The van der Waals surface area contributed by atoms with Crippen molar-refractivity contribution >= 4 is 11.3 Å². The fourth-order valence-corrected chi connectivity index (χ4v) is 3.33. The van der Waals surface area contributed by atoms with Crippen molar-refractivity contribution in [3.8, 4) is 5.75 Å². The van der Waals surface area contributed by atoms with Crippen molar-refractivity contribution in [2.75, 3.05) is 0 Å². The number of fused-ring (bicyclic) bond motifs is 1. The Labute approximate surface area is 127 Å². The second-order valence-corrected chi connectivity index (χ2v) is 7.23. The number of thiazole rings is 1. The molecule has 3 nitrogen and oxygen atoms in total. The van der Waals surface area contributed by atoms with Crippen LogP contribution in [0.3, 0.4) is 0 Å². The third-order valence-electron chi connectivity index (χ3n) is 3.53. The van der Waals surface area contributed by atoms with Gasteiger partial charge in [0.15, 0.2) is 0 Å². The van der Waals surface area contributed by atoms with Crippen molar-refractivity contribution in [1.29, 1.82) is 0 Å². The Morgan fingerprint density at radius 3 is 2.81 bits per heavy atom. The molecule has 0 amide bonds. The van der Waals surface area contributed by atoms with Crippen LogP contribution in [0.2, 0.25) is 0 Å². The molecule has 112 valence electrons. The normalized spacial score (nSPS) is 21.8. The molecule has 0 saturated heterocycles. The molecule has 0 spiro atoms. The molecule has 1 aromatic carbocycles. The minimum atomic E-state index is -0.728. The summed E-state index contributed by atoms with van der Waals surface area (Å²) in [5.74, 6) is 0.170. The van der Waals surface area contributed by atoms with Gasteiger partial charge in [0, 0.05) is 22.8 Å². The van der Waals surface area contributed by atoms with E-state index in [1.54, 1.807) is 17.4 Å². The first-order chi connectivity index (χ1) is 9.84. The first kappa shape index (κ1) is 14.5. The largest absolute Gasteiger partial charge is 0.484 e. The molecule has 2 heterocycles. The highest BCUT2D eigenvalue weighted by Crippen LogP contribution is 2.41. The molecule has 0 saturated carbocycles. The summed E-state index contributed by atoms with van der Waals surface area (Å²) in [4.78, 5) is 4.64. The average Bonchev–Trinajstić information content (AvgIpc) is 2.89. The van der Waals surface area contributed by atoms with Crippen LogP contribution < -0.4 is 4.74 Å². The van der Waals surface area contributed by atoms with Crippen LogP contribution in [-0.2, 0) is 5.41 Å². The van der Waals surface area contributed by atoms with E-state index in [0.29, 0.717) is 17.7 Å². The van der Waals surface area contributed by atoms with E-state index in [4.69, 9.17) is 4.74 Å². The number of benzene rings is 1. The van der Waals surface area contributed by atoms with Gasteiger partial charge in [0.1, 0.15) is 17.7 Å². The standard InChI is InChI=1S/C16H18FNO2S/c1-16(2,3)15-18-11(8-21-15)14-7-12(19)10-6-9(17)4-5-13(10)20-14/h4-6,8,12,14,19H,7H2,1-3H3/t12-,14?/m1/s1. The van der Waals surface area contributed by atoms with Gasteiger partial charge in [-0.15, -0.1) is 11.3 Å². The third kappa shape index (κ3) is 2.80. The van der Waals surface area contributed by atoms with Crippen LogP contribution in [0.1, 0.15) is 55.7 Å². The molecule has 2 atom stereocenters. The Hall–Kier alpha value is -1.46. The van der Waals surface area contributed by atoms with E-state index in [0.717, 1.165) is 10.7 Å². The molecule has 1 aliphatic rings. The Balaban J connectivity index is 1.89. The molecule has 0 bridgehead atoms. The molecular formula is C16H18FNO2S. The topological polar surface area (TPSA) is 42.4 Å². The molecule has 2 aromatic rings. The summed E-state index contributed by atoms with van der Waals surface area (Å²) in [6.45, 7) is 6.35. The summed E-state index contributed by atoms with van der Waals surface area (Å²) < 4.78 is 19.1. The van der Waals surface area contributed by atoms with Gasteiger partial charge in [0.25, 0.3) is 0 Å². The first-order valence-corrected chi connectivity index (χ1v) is 7.82. The maximum absolute atomic E-state index is 13.2. The van der Waals surface area contributed by atoms with Crippen LogP contribution in [0.25, 0.3) is 0 Å². The van der Waals surface area contributed by atoms with E-state index in [1.807, 2.05) is 5.38 Å². The number of halogens is 1. The summed E-state index contributed by atoms with van der Waals surface area (Å²) in [5.41, 5.74) is 1.34. The summed E-state index contributed by atoms with van der Waals surface area (Å²) in [6, 6.07) is 4.24. The molecule has 0 aliphatic carbocycles. The van der Waals surface area contributed by atoms with Crippen molar-refractivity contribution in [3.05, 3.63) is 45.7 Å². The first-order valence-electron chi connectivity index (χ1n) is 6.94. The predicted molar refractivity (Wildman–Crippen MR) is 80.2 cm³/mol. The summed E-state index contributed by atoms with van der Waals surface area (Å²) in [7, 11) is 0. The lowest BCUT2D eigenvalue weighted by atomic mass is 9.97. The van der Waals surface area contributed by atoms with Crippen LogP contribution in [0.5, 0.6) is 5.75 Å². The Morgan fingerprint density at radius 1 is 1.38 bits per heavy atom. The monoisotopic (exact) mass is 307 g/mol. The minimum absolute atomic E-state index is 0.00274. The Morgan fingerprint density at radius 2 is 2.14 bits per heavy atom. The number of nitrogens with zero attached hydrogens (tertiary/aromatic N) is 1. The molecular weight excluding hydrogens is 289 g/mol.